The number of anilines is 1. The second kappa shape index (κ2) is 8.33. The van der Waals surface area contributed by atoms with Gasteiger partial charge in [-0.1, -0.05) is 23.2 Å². The summed E-state index contributed by atoms with van der Waals surface area (Å²) in [6.07, 6.45) is 0.105. The van der Waals surface area contributed by atoms with Crippen LogP contribution in [0.4, 0.5) is 5.69 Å². The Kier molecular flexibility index (Phi) is 6.43. The molecule has 24 heavy (non-hydrogen) atoms. The van der Waals surface area contributed by atoms with Crippen molar-refractivity contribution in [3.63, 3.8) is 0 Å². The maximum atomic E-state index is 12.2. The van der Waals surface area contributed by atoms with Crippen LogP contribution in [0.2, 0.25) is 10.0 Å². The van der Waals surface area contributed by atoms with E-state index in [1.54, 1.807) is 12.1 Å². The Labute approximate surface area is 156 Å². The van der Waals surface area contributed by atoms with Crippen molar-refractivity contribution in [2.24, 2.45) is 0 Å². The highest BCUT2D eigenvalue weighted by Gasteiger charge is 2.12. The highest BCUT2D eigenvalue weighted by atomic mass is 35.5. The lowest BCUT2D eigenvalue weighted by atomic mass is 10.2. The minimum absolute atomic E-state index is 0.105. The fourth-order valence-corrected chi connectivity index (χ4v) is 2.60. The molecule has 0 aliphatic carbocycles. The molecule has 0 bridgehead atoms. The van der Waals surface area contributed by atoms with Crippen molar-refractivity contribution in [3.8, 4) is 5.75 Å². The number of hydrogen-bond acceptors (Lipinski definition) is 3. The summed E-state index contributed by atoms with van der Waals surface area (Å²) in [5, 5.41) is 6.39. The van der Waals surface area contributed by atoms with Gasteiger partial charge in [-0.15, -0.1) is 0 Å². The Balaban J connectivity index is 1.96. The number of thiocarbonyl (C=S) groups is 1. The Bertz CT molecular complexity index is 749. The summed E-state index contributed by atoms with van der Waals surface area (Å²) in [4.78, 5) is 12.2. The molecule has 0 saturated heterocycles. The Morgan fingerprint density at radius 3 is 2.38 bits per heavy atom. The molecule has 0 spiro atoms. The van der Waals surface area contributed by atoms with Crippen LogP contribution in [-0.2, 0) is 0 Å². The molecule has 2 aromatic rings. The Morgan fingerprint density at radius 1 is 1.12 bits per heavy atom. The van der Waals surface area contributed by atoms with Crippen LogP contribution in [0.15, 0.2) is 42.5 Å². The second-order valence-corrected chi connectivity index (χ2v) is 6.48. The molecule has 0 radical (unpaired) electrons. The third kappa shape index (κ3) is 5.37. The SMILES string of the molecule is CC(C)Oc1ccc(NC(=S)NC(=O)c2ccc(Cl)cc2Cl)cc1. The number of halogens is 2. The molecule has 2 aromatic carbocycles. The average Bonchev–Trinajstić information content (AvgIpc) is 2.48. The lowest BCUT2D eigenvalue weighted by molar-refractivity contribution is 0.0978. The van der Waals surface area contributed by atoms with E-state index in [1.165, 1.54) is 6.07 Å². The van der Waals surface area contributed by atoms with E-state index < -0.39 is 5.91 Å². The van der Waals surface area contributed by atoms with Gasteiger partial charge >= 0.3 is 0 Å². The molecule has 126 valence electrons. The van der Waals surface area contributed by atoms with Crippen LogP contribution in [0.3, 0.4) is 0 Å². The summed E-state index contributed by atoms with van der Waals surface area (Å²) in [5.74, 6) is 0.354. The van der Waals surface area contributed by atoms with Crippen LogP contribution in [0.5, 0.6) is 5.75 Å². The number of carbonyl (C=O) groups is 1. The predicted octanol–water partition coefficient (Wildman–Crippen LogP) is 4.91. The van der Waals surface area contributed by atoms with Gasteiger partial charge in [0.05, 0.1) is 16.7 Å². The maximum absolute atomic E-state index is 12.2. The monoisotopic (exact) mass is 382 g/mol. The number of ether oxygens (including phenoxy) is 1. The largest absolute Gasteiger partial charge is 0.491 e. The zero-order valence-electron chi connectivity index (χ0n) is 13.1. The van der Waals surface area contributed by atoms with E-state index in [9.17, 15) is 4.79 Å². The molecule has 2 N–H and O–H groups in total. The van der Waals surface area contributed by atoms with Crippen LogP contribution < -0.4 is 15.4 Å². The maximum Gasteiger partial charge on any atom is 0.258 e. The first-order chi connectivity index (χ1) is 11.3. The summed E-state index contributed by atoms with van der Waals surface area (Å²) < 4.78 is 5.56. The Morgan fingerprint density at radius 2 is 1.79 bits per heavy atom. The number of rotatable bonds is 4. The van der Waals surface area contributed by atoms with Crippen LogP contribution in [0.25, 0.3) is 0 Å². The van der Waals surface area contributed by atoms with Crippen LogP contribution >= 0.6 is 35.4 Å². The van der Waals surface area contributed by atoms with E-state index in [4.69, 9.17) is 40.2 Å². The van der Waals surface area contributed by atoms with Gasteiger partial charge in [-0.25, -0.2) is 0 Å². The van der Waals surface area contributed by atoms with E-state index >= 15 is 0 Å². The van der Waals surface area contributed by atoms with Crippen molar-refractivity contribution >= 4 is 52.1 Å². The van der Waals surface area contributed by atoms with Gasteiger partial charge in [0.1, 0.15) is 5.75 Å². The zero-order chi connectivity index (χ0) is 17.7. The molecule has 1 amide bonds. The van der Waals surface area contributed by atoms with Gasteiger partial charge < -0.3 is 10.1 Å². The van der Waals surface area contributed by atoms with Gasteiger partial charge in [0.25, 0.3) is 5.91 Å². The van der Waals surface area contributed by atoms with Gasteiger partial charge in [-0.2, -0.15) is 0 Å². The lowest BCUT2D eigenvalue weighted by Gasteiger charge is -2.12. The van der Waals surface area contributed by atoms with E-state index in [1.807, 2.05) is 38.1 Å². The van der Waals surface area contributed by atoms with E-state index in [2.05, 4.69) is 10.6 Å². The molecular weight excluding hydrogens is 367 g/mol. The quantitative estimate of drug-likeness (QED) is 0.737. The first-order valence-electron chi connectivity index (χ1n) is 7.19. The molecular formula is C17H16Cl2N2O2S. The fourth-order valence-electron chi connectivity index (χ4n) is 1.90. The molecule has 4 nitrogen and oxygen atoms in total. The van der Waals surface area contributed by atoms with Gasteiger partial charge in [-0.05, 0) is 68.5 Å². The predicted molar refractivity (Wildman–Crippen MR) is 102 cm³/mol. The number of nitrogens with one attached hydrogen (secondary N) is 2. The molecule has 0 aliphatic rings. The molecule has 0 fully saturated rings. The van der Waals surface area contributed by atoms with Gasteiger partial charge in [-0.3, -0.25) is 10.1 Å². The molecule has 0 aromatic heterocycles. The van der Waals surface area contributed by atoms with Crippen LogP contribution in [0.1, 0.15) is 24.2 Å². The van der Waals surface area contributed by atoms with Crippen LogP contribution in [-0.4, -0.2) is 17.1 Å². The molecule has 0 saturated carbocycles. The molecule has 0 heterocycles. The van der Waals surface area contributed by atoms with Crippen molar-refractivity contribution in [3.05, 3.63) is 58.1 Å². The number of hydrogen-bond donors (Lipinski definition) is 2. The van der Waals surface area contributed by atoms with Crippen molar-refractivity contribution in [1.82, 2.24) is 5.32 Å². The van der Waals surface area contributed by atoms with Gasteiger partial charge in [0, 0.05) is 10.7 Å². The van der Waals surface area contributed by atoms with Crippen molar-refractivity contribution in [2.45, 2.75) is 20.0 Å². The molecule has 7 heteroatoms. The third-order valence-corrected chi connectivity index (χ3v) is 3.64. The number of carbonyl (C=O) groups excluding carboxylic acids is 1. The fraction of sp³-hybridized carbons (Fsp3) is 0.176. The summed E-state index contributed by atoms with van der Waals surface area (Å²) in [6, 6.07) is 11.9. The molecule has 0 aliphatic heterocycles. The average molecular weight is 383 g/mol. The van der Waals surface area contributed by atoms with Crippen molar-refractivity contribution in [2.75, 3.05) is 5.32 Å². The molecule has 0 atom stereocenters. The first-order valence-corrected chi connectivity index (χ1v) is 8.35. The van der Waals surface area contributed by atoms with Gasteiger partial charge in [0.15, 0.2) is 5.11 Å². The number of amides is 1. The smallest absolute Gasteiger partial charge is 0.258 e. The second-order valence-electron chi connectivity index (χ2n) is 5.22. The van der Waals surface area contributed by atoms with Crippen LogP contribution in [0, 0.1) is 0 Å². The summed E-state index contributed by atoms with van der Waals surface area (Å²) in [7, 11) is 0. The van der Waals surface area contributed by atoms with Crippen molar-refractivity contribution < 1.29 is 9.53 Å². The van der Waals surface area contributed by atoms with Gasteiger partial charge in [0.2, 0.25) is 0 Å². The molecule has 2 rings (SSSR count). The van der Waals surface area contributed by atoms with E-state index in [-0.39, 0.29) is 16.2 Å². The minimum Gasteiger partial charge on any atom is -0.491 e. The summed E-state index contributed by atoms with van der Waals surface area (Å²) in [6.45, 7) is 3.91. The third-order valence-electron chi connectivity index (χ3n) is 2.89. The minimum atomic E-state index is -0.408. The first kappa shape index (κ1) is 18.5. The standard InChI is InChI=1S/C17H16Cl2N2O2S/c1-10(2)23-13-6-4-12(5-7-13)20-17(24)21-16(22)14-8-3-11(18)9-15(14)19/h3-10H,1-2H3,(H2,20,21,22,24). The summed E-state index contributed by atoms with van der Waals surface area (Å²) in [5.41, 5.74) is 1.03. The van der Waals surface area contributed by atoms with Crippen molar-refractivity contribution in [1.29, 1.82) is 0 Å². The topological polar surface area (TPSA) is 50.4 Å². The Hall–Kier alpha value is -1.82. The van der Waals surface area contributed by atoms with E-state index in [0.717, 1.165) is 11.4 Å². The highest BCUT2D eigenvalue weighted by molar-refractivity contribution is 7.80. The van der Waals surface area contributed by atoms with E-state index in [0.29, 0.717) is 10.6 Å². The lowest BCUT2D eigenvalue weighted by Crippen LogP contribution is -2.34. The normalized spacial score (nSPS) is 10.4. The number of benzene rings is 2. The zero-order valence-corrected chi connectivity index (χ0v) is 15.4. The summed E-state index contributed by atoms with van der Waals surface area (Å²) >= 11 is 17.0. The molecule has 0 unspecified atom stereocenters. The highest BCUT2D eigenvalue weighted by Crippen LogP contribution is 2.21.